The van der Waals surface area contributed by atoms with E-state index in [2.05, 4.69) is 20.0 Å². The molecule has 0 radical (unpaired) electrons. The van der Waals surface area contributed by atoms with Gasteiger partial charge in [0.1, 0.15) is 23.8 Å². The molecule has 2 aliphatic heterocycles. The van der Waals surface area contributed by atoms with Crippen molar-refractivity contribution in [3.63, 3.8) is 0 Å². The van der Waals surface area contributed by atoms with Crippen LogP contribution in [0.25, 0.3) is 22.6 Å². The lowest BCUT2D eigenvalue weighted by Crippen LogP contribution is -2.35. The minimum atomic E-state index is -4.63. The molecule has 0 saturated carbocycles. The summed E-state index contributed by atoms with van der Waals surface area (Å²) in [7, 11) is 0. The van der Waals surface area contributed by atoms with Gasteiger partial charge in [0.05, 0.1) is 19.2 Å². The second kappa shape index (κ2) is 12.6. The standard InChI is InChI=1S/C31H29ClF4N8O2/c32-21-5-4-19(23(33)13-21)17-46-27-3-1-2-24(39-27)18-6-9-43(10-7-18)16-26-38-25-12-20(28-40-30(42-41-28)31(34,35)36)14-37-29(25)44(26)15-22-8-11-45-22/h1-5,12-14,18,22H,6-11,15-17H2,(H,40,41,42). The SMILES string of the molecule is Fc1cc(Cl)ccc1COc1cccc(C2CCN(Cc3nc4cc(-c5n[nH]c(C(F)(F)F)n5)cnc4n3CC3CCO3)CC2)n1. The second-order valence-corrected chi connectivity index (χ2v) is 11.9. The lowest BCUT2D eigenvalue weighted by molar-refractivity contribution is -0.144. The quantitative estimate of drug-likeness (QED) is 0.188. The molecule has 10 nitrogen and oxygen atoms in total. The van der Waals surface area contributed by atoms with Crippen molar-refractivity contribution in [1.82, 2.24) is 39.6 Å². The molecule has 1 unspecified atom stereocenters. The van der Waals surface area contributed by atoms with Crippen LogP contribution in [0.3, 0.4) is 0 Å². The molecule has 0 spiro atoms. The van der Waals surface area contributed by atoms with Crippen LogP contribution in [0, 0.1) is 5.82 Å². The van der Waals surface area contributed by atoms with E-state index in [4.69, 9.17) is 31.0 Å². The number of pyridine rings is 2. The molecule has 0 amide bonds. The summed E-state index contributed by atoms with van der Waals surface area (Å²) in [5.74, 6) is -0.198. The number of aromatic amines is 1. The second-order valence-electron chi connectivity index (χ2n) is 11.5. The lowest BCUT2D eigenvalue weighted by atomic mass is 9.93. The highest BCUT2D eigenvalue weighted by Gasteiger charge is 2.35. The highest BCUT2D eigenvalue weighted by Crippen LogP contribution is 2.31. The van der Waals surface area contributed by atoms with Crippen molar-refractivity contribution in [3.05, 3.63) is 82.4 Å². The molecule has 4 aromatic heterocycles. The van der Waals surface area contributed by atoms with E-state index in [1.807, 2.05) is 21.8 Å². The van der Waals surface area contributed by atoms with Crippen LogP contribution in [0.2, 0.25) is 5.02 Å². The Bertz CT molecular complexity index is 1850. The number of hydrogen-bond acceptors (Lipinski definition) is 8. The number of imidazole rings is 1. The maximum Gasteiger partial charge on any atom is 0.451 e. The third-order valence-corrected chi connectivity index (χ3v) is 8.60. The summed E-state index contributed by atoms with van der Waals surface area (Å²) in [6.07, 6.45) is -0.407. The van der Waals surface area contributed by atoms with Gasteiger partial charge >= 0.3 is 6.18 Å². The lowest BCUT2D eigenvalue weighted by Gasteiger charge is -2.32. The van der Waals surface area contributed by atoms with Crippen molar-refractivity contribution in [2.75, 3.05) is 19.7 Å². The van der Waals surface area contributed by atoms with Gasteiger partial charge in [-0.05, 0) is 56.6 Å². The van der Waals surface area contributed by atoms with E-state index < -0.39 is 17.8 Å². The van der Waals surface area contributed by atoms with Crippen molar-refractivity contribution in [2.45, 2.75) is 57.2 Å². The van der Waals surface area contributed by atoms with Gasteiger partial charge in [0, 0.05) is 46.6 Å². The molecule has 1 aromatic carbocycles. The number of rotatable bonds is 9. The summed E-state index contributed by atoms with van der Waals surface area (Å²) in [6.45, 7) is 3.55. The molecule has 0 aliphatic carbocycles. The molecule has 240 valence electrons. The van der Waals surface area contributed by atoms with E-state index in [0.29, 0.717) is 52.9 Å². The average Bonchev–Trinajstić information content (AvgIpc) is 3.64. The minimum absolute atomic E-state index is 0.0496. The molecule has 7 rings (SSSR count). The summed E-state index contributed by atoms with van der Waals surface area (Å²) in [6, 6.07) is 11.8. The first kappa shape index (κ1) is 30.5. The number of nitrogens with one attached hydrogen (secondary N) is 1. The van der Waals surface area contributed by atoms with Crippen LogP contribution in [0.1, 0.15) is 48.1 Å². The van der Waals surface area contributed by atoms with Crippen LogP contribution in [0.5, 0.6) is 5.88 Å². The fourth-order valence-electron chi connectivity index (χ4n) is 5.76. The predicted molar refractivity (Wildman–Crippen MR) is 159 cm³/mol. The number of likely N-dealkylation sites (tertiary alicyclic amines) is 1. The Morgan fingerprint density at radius 1 is 1.04 bits per heavy atom. The third kappa shape index (κ3) is 6.55. The molecule has 6 heterocycles. The molecule has 5 aromatic rings. The molecule has 1 N–H and O–H groups in total. The zero-order valence-electron chi connectivity index (χ0n) is 24.5. The number of aromatic nitrogens is 7. The maximum atomic E-state index is 14.2. The van der Waals surface area contributed by atoms with Crippen LogP contribution in [0.4, 0.5) is 17.6 Å². The van der Waals surface area contributed by atoms with E-state index in [0.717, 1.165) is 43.9 Å². The number of ether oxygens (including phenoxy) is 2. The van der Waals surface area contributed by atoms with E-state index in [1.165, 1.54) is 12.3 Å². The van der Waals surface area contributed by atoms with E-state index >= 15 is 0 Å². The van der Waals surface area contributed by atoms with Crippen LogP contribution >= 0.6 is 11.6 Å². The Morgan fingerprint density at radius 3 is 2.59 bits per heavy atom. The van der Waals surface area contributed by atoms with Gasteiger partial charge in [0.25, 0.3) is 0 Å². The van der Waals surface area contributed by atoms with Crippen molar-refractivity contribution in [1.29, 1.82) is 0 Å². The van der Waals surface area contributed by atoms with Gasteiger partial charge in [-0.1, -0.05) is 23.7 Å². The van der Waals surface area contributed by atoms with Gasteiger partial charge < -0.3 is 14.0 Å². The van der Waals surface area contributed by atoms with Gasteiger partial charge in [-0.3, -0.25) is 10.00 Å². The Hall–Kier alpha value is -4.14. The predicted octanol–water partition coefficient (Wildman–Crippen LogP) is 6.17. The number of H-pyrrole nitrogens is 1. The fraction of sp³-hybridized carbons (Fsp3) is 0.387. The number of nitrogens with zero attached hydrogens (tertiary/aromatic N) is 7. The number of alkyl halides is 3. The van der Waals surface area contributed by atoms with E-state index in [-0.39, 0.29) is 24.5 Å². The van der Waals surface area contributed by atoms with Crippen LogP contribution in [0.15, 0.2) is 48.7 Å². The molecule has 2 fully saturated rings. The number of hydrogen-bond donors (Lipinski definition) is 1. The van der Waals surface area contributed by atoms with Gasteiger partial charge in [0.2, 0.25) is 11.7 Å². The Morgan fingerprint density at radius 2 is 1.87 bits per heavy atom. The van der Waals surface area contributed by atoms with E-state index in [9.17, 15) is 17.6 Å². The largest absolute Gasteiger partial charge is 0.473 e. The summed E-state index contributed by atoms with van der Waals surface area (Å²) in [4.78, 5) is 20.0. The van der Waals surface area contributed by atoms with E-state index in [1.54, 1.807) is 24.3 Å². The Kier molecular flexibility index (Phi) is 8.34. The van der Waals surface area contributed by atoms with Crippen molar-refractivity contribution < 1.29 is 27.0 Å². The Labute approximate surface area is 265 Å². The summed E-state index contributed by atoms with van der Waals surface area (Å²) >= 11 is 5.85. The molecule has 2 aliphatic rings. The van der Waals surface area contributed by atoms with Crippen molar-refractivity contribution in [3.8, 4) is 17.3 Å². The van der Waals surface area contributed by atoms with Crippen LogP contribution < -0.4 is 4.74 Å². The monoisotopic (exact) mass is 656 g/mol. The third-order valence-electron chi connectivity index (χ3n) is 8.36. The highest BCUT2D eigenvalue weighted by molar-refractivity contribution is 6.30. The zero-order chi connectivity index (χ0) is 31.8. The smallest absolute Gasteiger partial charge is 0.451 e. The summed E-state index contributed by atoms with van der Waals surface area (Å²) < 4.78 is 66.9. The minimum Gasteiger partial charge on any atom is -0.473 e. The Balaban J connectivity index is 1.03. The fourth-order valence-corrected chi connectivity index (χ4v) is 5.92. The first-order chi connectivity index (χ1) is 22.2. The zero-order valence-corrected chi connectivity index (χ0v) is 25.2. The number of piperidine rings is 1. The summed E-state index contributed by atoms with van der Waals surface area (Å²) in [5, 5.41) is 6.01. The average molecular weight is 657 g/mol. The molecule has 1 atom stereocenters. The number of benzene rings is 1. The van der Waals surface area contributed by atoms with Gasteiger partial charge in [-0.2, -0.15) is 18.3 Å². The van der Waals surface area contributed by atoms with Gasteiger partial charge in [-0.25, -0.2) is 24.3 Å². The number of fused-ring (bicyclic) bond motifs is 1. The van der Waals surface area contributed by atoms with Crippen molar-refractivity contribution >= 4 is 22.8 Å². The maximum absolute atomic E-state index is 14.2. The molecule has 15 heteroatoms. The molecule has 0 bridgehead atoms. The number of halogens is 5. The normalized spacial score (nSPS) is 17.8. The topological polar surface area (TPSA) is 107 Å². The first-order valence-corrected chi connectivity index (χ1v) is 15.3. The van der Waals surface area contributed by atoms with Crippen LogP contribution in [-0.2, 0) is 30.6 Å². The van der Waals surface area contributed by atoms with Gasteiger partial charge in [0.15, 0.2) is 11.5 Å². The molecule has 46 heavy (non-hydrogen) atoms. The molecular weight excluding hydrogens is 628 g/mol. The molecule has 2 saturated heterocycles. The van der Waals surface area contributed by atoms with Crippen molar-refractivity contribution in [2.24, 2.45) is 0 Å². The van der Waals surface area contributed by atoms with Crippen LogP contribution in [-0.4, -0.2) is 65.4 Å². The molecular formula is C31H29ClF4N8O2. The first-order valence-electron chi connectivity index (χ1n) is 14.9. The summed E-state index contributed by atoms with van der Waals surface area (Å²) in [5.41, 5.74) is 2.86. The van der Waals surface area contributed by atoms with Gasteiger partial charge in [-0.15, -0.1) is 0 Å². The highest BCUT2D eigenvalue weighted by atomic mass is 35.5.